The molecule has 5 nitrogen and oxygen atoms in total. The van der Waals surface area contributed by atoms with Crippen molar-refractivity contribution in [3.05, 3.63) is 71.9 Å². The molecule has 2 heterocycles. The van der Waals surface area contributed by atoms with Gasteiger partial charge in [0.2, 0.25) is 0 Å². The van der Waals surface area contributed by atoms with Gasteiger partial charge in [0.15, 0.2) is 0 Å². The van der Waals surface area contributed by atoms with Crippen LogP contribution in [0.5, 0.6) is 0 Å². The van der Waals surface area contributed by atoms with Crippen LogP contribution in [-0.4, -0.2) is 48.8 Å². The number of fused-ring (bicyclic) bond motifs is 1. The lowest BCUT2D eigenvalue weighted by atomic mass is 10.1. The van der Waals surface area contributed by atoms with Crippen LogP contribution < -0.4 is 0 Å². The molecule has 27 heavy (non-hydrogen) atoms. The van der Waals surface area contributed by atoms with Crippen LogP contribution in [0.4, 0.5) is 0 Å². The summed E-state index contributed by atoms with van der Waals surface area (Å²) >= 11 is 0. The normalized spacial score (nSPS) is 17.4. The molecule has 1 atom stereocenters. The molecule has 5 heteroatoms. The van der Waals surface area contributed by atoms with E-state index in [4.69, 9.17) is 9.47 Å². The van der Waals surface area contributed by atoms with Gasteiger partial charge < -0.3 is 18.9 Å². The van der Waals surface area contributed by atoms with E-state index in [-0.39, 0.29) is 12.0 Å². The Morgan fingerprint density at radius 3 is 2.81 bits per heavy atom. The Morgan fingerprint density at radius 1 is 1.15 bits per heavy atom. The Kier molecular flexibility index (Phi) is 5.23. The summed E-state index contributed by atoms with van der Waals surface area (Å²) in [5.74, 6) is 0.0642. The van der Waals surface area contributed by atoms with Crippen molar-refractivity contribution < 1.29 is 14.3 Å². The first kappa shape index (κ1) is 17.8. The molecule has 2 aromatic carbocycles. The molecule has 0 N–H and O–H groups in total. The number of carbonyl (C=O) groups excluding carboxylic acids is 1. The van der Waals surface area contributed by atoms with Gasteiger partial charge in [-0.25, -0.2) is 0 Å². The number of hydrogen-bond donors (Lipinski definition) is 0. The quantitative estimate of drug-likeness (QED) is 0.696. The zero-order valence-electron chi connectivity index (χ0n) is 15.5. The number of nitrogens with zero attached hydrogens (tertiary/aromatic N) is 2. The number of hydrogen-bond acceptors (Lipinski definition) is 3. The summed E-state index contributed by atoms with van der Waals surface area (Å²) in [6.07, 6.45) is 1.95. The van der Waals surface area contributed by atoms with Crippen molar-refractivity contribution in [1.82, 2.24) is 9.47 Å². The van der Waals surface area contributed by atoms with E-state index in [9.17, 15) is 4.79 Å². The molecule has 3 aromatic rings. The lowest BCUT2D eigenvalue weighted by Crippen LogP contribution is -2.42. The van der Waals surface area contributed by atoms with Crippen LogP contribution in [0.25, 0.3) is 10.9 Å². The smallest absolute Gasteiger partial charge is 0.254 e. The summed E-state index contributed by atoms with van der Waals surface area (Å²) < 4.78 is 13.2. The molecule has 1 aliphatic rings. The Morgan fingerprint density at radius 2 is 2.00 bits per heavy atom. The topological polar surface area (TPSA) is 43.7 Å². The first-order chi connectivity index (χ1) is 13.3. The molecule has 1 fully saturated rings. The predicted octanol–water partition coefficient (Wildman–Crippen LogP) is 3.50. The standard InChI is InChI=1S/C22H24N2O3/c1-26-14-12-23-11-10-18-19(8-5-9-20(18)23)22(25)24-13-15-27-21(16-24)17-6-3-2-4-7-17/h2-11,21H,12-16H2,1H3. The number of benzene rings is 2. The van der Waals surface area contributed by atoms with E-state index in [0.717, 1.165) is 28.6 Å². The average Bonchev–Trinajstić information content (AvgIpc) is 3.15. The first-order valence-corrected chi connectivity index (χ1v) is 9.30. The van der Waals surface area contributed by atoms with Crippen molar-refractivity contribution in [3.8, 4) is 0 Å². The number of carbonyl (C=O) groups is 1. The van der Waals surface area contributed by atoms with E-state index >= 15 is 0 Å². The van der Waals surface area contributed by atoms with E-state index in [2.05, 4.69) is 16.7 Å². The Bertz CT molecular complexity index is 920. The van der Waals surface area contributed by atoms with E-state index < -0.39 is 0 Å². The van der Waals surface area contributed by atoms with E-state index in [1.54, 1.807) is 7.11 Å². The van der Waals surface area contributed by atoms with Crippen LogP contribution in [0, 0.1) is 0 Å². The second kappa shape index (κ2) is 7.94. The Labute approximate surface area is 159 Å². The summed E-state index contributed by atoms with van der Waals surface area (Å²) in [6.45, 7) is 3.15. The van der Waals surface area contributed by atoms with Gasteiger partial charge in [-0.05, 0) is 23.8 Å². The van der Waals surface area contributed by atoms with Crippen LogP contribution >= 0.6 is 0 Å². The van der Waals surface area contributed by atoms with Gasteiger partial charge in [-0.15, -0.1) is 0 Å². The van der Waals surface area contributed by atoms with Crippen molar-refractivity contribution in [2.75, 3.05) is 33.4 Å². The van der Waals surface area contributed by atoms with Gasteiger partial charge in [0.25, 0.3) is 5.91 Å². The number of ether oxygens (including phenoxy) is 2. The monoisotopic (exact) mass is 364 g/mol. The molecule has 1 saturated heterocycles. The van der Waals surface area contributed by atoms with Crippen molar-refractivity contribution in [2.24, 2.45) is 0 Å². The highest BCUT2D eigenvalue weighted by Gasteiger charge is 2.27. The molecular weight excluding hydrogens is 340 g/mol. The van der Waals surface area contributed by atoms with Gasteiger partial charge in [0.1, 0.15) is 6.10 Å². The van der Waals surface area contributed by atoms with Gasteiger partial charge in [-0.1, -0.05) is 36.4 Å². The summed E-state index contributed by atoms with van der Waals surface area (Å²) in [6, 6.07) is 18.0. The Balaban J connectivity index is 1.58. The number of amides is 1. The van der Waals surface area contributed by atoms with E-state index in [1.807, 2.05) is 53.6 Å². The van der Waals surface area contributed by atoms with E-state index in [1.165, 1.54) is 0 Å². The maximum Gasteiger partial charge on any atom is 0.254 e. The third-order valence-electron chi connectivity index (χ3n) is 5.11. The highest BCUT2D eigenvalue weighted by atomic mass is 16.5. The number of morpholine rings is 1. The largest absolute Gasteiger partial charge is 0.383 e. The number of methoxy groups -OCH3 is 1. The highest BCUT2D eigenvalue weighted by molar-refractivity contribution is 6.06. The van der Waals surface area contributed by atoms with Crippen LogP contribution in [-0.2, 0) is 16.0 Å². The van der Waals surface area contributed by atoms with Crippen LogP contribution in [0.2, 0.25) is 0 Å². The summed E-state index contributed by atoms with van der Waals surface area (Å²) in [7, 11) is 1.70. The molecule has 0 aliphatic carbocycles. The molecule has 140 valence electrons. The molecule has 1 unspecified atom stereocenters. The first-order valence-electron chi connectivity index (χ1n) is 9.30. The molecule has 0 saturated carbocycles. The number of aromatic nitrogens is 1. The molecule has 0 spiro atoms. The highest BCUT2D eigenvalue weighted by Crippen LogP contribution is 2.26. The second-order valence-corrected chi connectivity index (χ2v) is 6.76. The lowest BCUT2D eigenvalue weighted by Gasteiger charge is -2.33. The van der Waals surface area contributed by atoms with Crippen LogP contribution in [0.1, 0.15) is 22.0 Å². The minimum Gasteiger partial charge on any atom is -0.383 e. The summed E-state index contributed by atoms with van der Waals surface area (Å²) in [4.78, 5) is 15.2. The van der Waals surface area contributed by atoms with Gasteiger partial charge >= 0.3 is 0 Å². The molecular formula is C22H24N2O3. The van der Waals surface area contributed by atoms with Crippen LogP contribution in [0.15, 0.2) is 60.8 Å². The lowest BCUT2D eigenvalue weighted by molar-refractivity contribution is -0.0227. The fraction of sp³-hybridized carbons (Fsp3) is 0.318. The third-order valence-corrected chi connectivity index (χ3v) is 5.11. The van der Waals surface area contributed by atoms with Crippen molar-refractivity contribution >= 4 is 16.8 Å². The van der Waals surface area contributed by atoms with Gasteiger partial charge in [0, 0.05) is 42.9 Å². The summed E-state index contributed by atoms with van der Waals surface area (Å²) in [5, 5.41) is 0.987. The predicted molar refractivity (Wildman–Crippen MR) is 105 cm³/mol. The molecule has 1 amide bonds. The maximum atomic E-state index is 13.3. The van der Waals surface area contributed by atoms with Gasteiger partial charge in [0.05, 0.1) is 19.8 Å². The van der Waals surface area contributed by atoms with Gasteiger partial charge in [-0.2, -0.15) is 0 Å². The minimum absolute atomic E-state index is 0.0642. The fourth-order valence-corrected chi connectivity index (χ4v) is 3.67. The zero-order valence-corrected chi connectivity index (χ0v) is 15.5. The van der Waals surface area contributed by atoms with Crippen molar-refractivity contribution in [2.45, 2.75) is 12.6 Å². The molecule has 1 aromatic heterocycles. The maximum absolute atomic E-state index is 13.3. The van der Waals surface area contributed by atoms with Crippen LogP contribution in [0.3, 0.4) is 0 Å². The molecule has 0 radical (unpaired) electrons. The minimum atomic E-state index is -0.0746. The van der Waals surface area contributed by atoms with Crippen molar-refractivity contribution in [1.29, 1.82) is 0 Å². The van der Waals surface area contributed by atoms with Gasteiger partial charge in [-0.3, -0.25) is 4.79 Å². The Hall–Kier alpha value is -2.63. The van der Waals surface area contributed by atoms with E-state index in [0.29, 0.717) is 26.3 Å². The third kappa shape index (κ3) is 3.61. The fourth-order valence-electron chi connectivity index (χ4n) is 3.67. The molecule has 4 rings (SSSR count). The number of rotatable bonds is 5. The summed E-state index contributed by atoms with van der Waals surface area (Å²) in [5.41, 5.74) is 2.92. The average molecular weight is 364 g/mol. The van der Waals surface area contributed by atoms with Crippen molar-refractivity contribution in [3.63, 3.8) is 0 Å². The molecule has 0 bridgehead atoms. The second-order valence-electron chi connectivity index (χ2n) is 6.76. The zero-order chi connectivity index (χ0) is 18.6. The SMILES string of the molecule is COCCn1ccc2c(C(=O)N3CCOC(c4ccccc4)C3)cccc21. The molecule has 1 aliphatic heterocycles.